The highest BCUT2D eigenvalue weighted by atomic mass is 35.5. The minimum atomic E-state index is 0.0511. The number of hydrogen-bond donors (Lipinski definition) is 1. The summed E-state index contributed by atoms with van der Waals surface area (Å²) in [6.45, 7) is 0. The van der Waals surface area contributed by atoms with E-state index in [1.807, 2.05) is 0 Å². The lowest BCUT2D eigenvalue weighted by Gasteiger charge is -1.96. The number of carbonyl (C=O) groups is 1. The van der Waals surface area contributed by atoms with Crippen LogP contribution >= 0.6 is 22.9 Å². The number of nitrogens with one attached hydrogen (secondary N) is 1. The Kier molecular flexibility index (Phi) is 2.29. The number of aromatic nitrogens is 2. The van der Waals surface area contributed by atoms with Crippen molar-refractivity contribution >= 4 is 44.3 Å². The average Bonchev–Trinajstić information content (AvgIpc) is 3.01. The first kappa shape index (κ1) is 9.99. The summed E-state index contributed by atoms with van der Waals surface area (Å²) in [5.41, 5.74) is 0.587. The van der Waals surface area contributed by atoms with Crippen LogP contribution in [-0.2, 0) is 4.79 Å². The van der Waals surface area contributed by atoms with Gasteiger partial charge in [-0.2, -0.15) is 4.98 Å². The van der Waals surface area contributed by atoms with Gasteiger partial charge in [0.2, 0.25) is 5.91 Å². The van der Waals surface area contributed by atoms with Crippen molar-refractivity contribution < 1.29 is 4.79 Å². The Morgan fingerprint density at radius 1 is 1.56 bits per heavy atom. The first-order valence-electron chi connectivity index (χ1n) is 4.96. The van der Waals surface area contributed by atoms with Crippen LogP contribution in [0.5, 0.6) is 0 Å². The van der Waals surface area contributed by atoms with E-state index in [-0.39, 0.29) is 11.8 Å². The molecule has 1 aliphatic rings. The predicted molar refractivity (Wildman–Crippen MR) is 63.8 cm³/mol. The van der Waals surface area contributed by atoms with Gasteiger partial charge in [0.1, 0.15) is 0 Å². The fourth-order valence-electron chi connectivity index (χ4n) is 1.41. The summed E-state index contributed by atoms with van der Waals surface area (Å²) in [6, 6.07) is 1.72. The third-order valence-electron chi connectivity index (χ3n) is 2.42. The fraction of sp³-hybridized carbons (Fsp3) is 0.300. The van der Waals surface area contributed by atoms with E-state index in [2.05, 4.69) is 15.3 Å². The SMILES string of the molecule is O=C(Nc1nc2nccc(Cl)c2s1)C1CC1. The van der Waals surface area contributed by atoms with Crippen molar-refractivity contribution in [1.82, 2.24) is 9.97 Å². The number of fused-ring (bicyclic) bond motifs is 1. The standard InChI is InChI=1S/C10H8ClN3OS/c11-6-3-4-12-8-7(6)16-10(13-8)14-9(15)5-1-2-5/h3-5H,1-2H2,(H,12,13,14,15). The molecule has 82 valence electrons. The highest BCUT2D eigenvalue weighted by Crippen LogP contribution is 2.33. The number of rotatable bonds is 2. The molecule has 1 amide bonds. The number of amides is 1. The third-order valence-corrected chi connectivity index (χ3v) is 3.84. The molecule has 0 unspecified atom stereocenters. The maximum absolute atomic E-state index is 11.5. The topological polar surface area (TPSA) is 54.9 Å². The minimum absolute atomic E-state index is 0.0511. The second kappa shape index (κ2) is 3.68. The lowest BCUT2D eigenvalue weighted by molar-refractivity contribution is -0.117. The molecule has 4 nitrogen and oxygen atoms in total. The summed E-state index contributed by atoms with van der Waals surface area (Å²) in [6.07, 6.45) is 3.57. The third kappa shape index (κ3) is 1.76. The summed E-state index contributed by atoms with van der Waals surface area (Å²) in [7, 11) is 0. The van der Waals surface area contributed by atoms with E-state index in [4.69, 9.17) is 11.6 Å². The number of halogens is 1. The van der Waals surface area contributed by atoms with Crippen LogP contribution in [0.3, 0.4) is 0 Å². The molecule has 1 aliphatic carbocycles. The van der Waals surface area contributed by atoms with Gasteiger partial charge in [0.25, 0.3) is 0 Å². The second-order valence-corrected chi connectivity index (χ2v) is 5.13. The molecule has 0 spiro atoms. The Hall–Kier alpha value is -1.20. The molecule has 2 aromatic heterocycles. The maximum atomic E-state index is 11.5. The summed E-state index contributed by atoms with van der Waals surface area (Å²) in [5, 5.41) is 3.99. The molecule has 2 heterocycles. The Morgan fingerprint density at radius 2 is 2.38 bits per heavy atom. The van der Waals surface area contributed by atoms with Crippen LogP contribution in [-0.4, -0.2) is 15.9 Å². The van der Waals surface area contributed by atoms with Gasteiger partial charge in [-0.05, 0) is 18.9 Å². The molecule has 6 heteroatoms. The lowest BCUT2D eigenvalue weighted by Crippen LogP contribution is -2.12. The molecular weight excluding hydrogens is 246 g/mol. The van der Waals surface area contributed by atoms with Crippen molar-refractivity contribution in [2.75, 3.05) is 5.32 Å². The highest BCUT2D eigenvalue weighted by Gasteiger charge is 2.30. The van der Waals surface area contributed by atoms with E-state index in [9.17, 15) is 4.79 Å². The van der Waals surface area contributed by atoms with Crippen molar-refractivity contribution in [3.63, 3.8) is 0 Å². The zero-order valence-electron chi connectivity index (χ0n) is 8.24. The zero-order chi connectivity index (χ0) is 11.1. The van der Waals surface area contributed by atoms with Crippen molar-refractivity contribution in [3.8, 4) is 0 Å². The number of anilines is 1. The molecule has 0 atom stereocenters. The Morgan fingerprint density at radius 3 is 3.06 bits per heavy atom. The van der Waals surface area contributed by atoms with Gasteiger partial charge in [0.15, 0.2) is 10.8 Å². The van der Waals surface area contributed by atoms with Crippen LogP contribution in [0.4, 0.5) is 5.13 Å². The predicted octanol–water partition coefficient (Wildman–Crippen LogP) is 2.69. The summed E-state index contributed by atoms with van der Waals surface area (Å²) in [5.74, 6) is 0.227. The molecular formula is C10H8ClN3OS. The van der Waals surface area contributed by atoms with E-state index in [1.165, 1.54) is 11.3 Å². The molecule has 1 fully saturated rings. The number of carbonyl (C=O) groups excluding carboxylic acids is 1. The van der Waals surface area contributed by atoms with E-state index < -0.39 is 0 Å². The zero-order valence-corrected chi connectivity index (χ0v) is 9.81. The molecule has 0 aliphatic heterocycles. The first-order valence-corrected chi connectivity index (χ1v) is 6.15. The van der Waals surface area contributed by atoms with Gasteiger partial charge in [-0.15, -0.1) is 0 Å². The Balaban J connectivity index is 1.92. The molecule has 0 radical (unpaired) electrons. The Bertz CT molecular complexity index is 564. The summed E-state index contributed by atoms with van der Waals surface area (Å²) < 4.78 is 0.815. The van der Waals surface area contributed by atoms with Gasteiger partial charge in [-0.1, -0.05) is 22.9 Å². The highest BCUT2D eigenvalue weighted by molar-refractivity contribution is 7.22. The van der Waals surface area contributed by atoms with Crippen LogP contribution < -0.4 is 5.32 Å². The van der Waals surface area contributed by atoms with Crippen LogP contribution in [0.25, 0.3) is 10.3 Å². The van der Waals surface area contributed by atoms with Crippen molar-refractivity contribution in [3.05, 3.63) is 17.3 Å². The van der Waals surface area contributed by atoms with Gasteiger partial charge in [-0.3, -0.25) is 4.79 Å². The summed E-state index contributed by atoms with van der Waals surface area (Å²) in [4.78, 5) is 19.8. The number of pyridine rings is 1. The molecule has 3 rings (SSSR count). The van der Waals surface area contributed by atoms with Gasteiger partial charge < -0.3 is 5.32 Å². The average molecular weight is 254 g/mol. The van der Waals surface area contributed by atoms with Gasteiger partial charge >= 0.3 is 0 Å². The van der Waals surface area contributed by atoms with Crippen LogP contribution in [0.1, 0.15) is 12.8 Å². The quantitative estimate of drug-likeness (QED) is 0.895. The molecule has 0 bridgehead atoms. The molecule has 16 heavy (non-hydrogen) atoms. The lowest BCUT2D eigenvalue weighted by atomic mass is 10.4. The molecule has 0 saturated heterocycles. The maximum Gasteiger partial charge on any atom is 0.229 e. The van der Waals surface area contributed by atoms with E-state index in [0.717, 1.165) is 17.5 Å². The fourth-order valence-corrected chi connectivity index (χ4v) is 2.50. The van der Waals surface area contributed by atoms with Crippen molar-refractivity contribution in [2.45, 2.75) is 12.8 Å². The smallest absolute Gasteiger partial charge is 0.229 e. The normalized spacial score (nSPS) is 15.3. The van der Waals surface area contributed by atoms with Crippen LogP contribution in [0, 0.1) is 5.92 Å². The van der Waals surface area contributed by atoms with E-state index in [1.54, 1.807) is 12.3 Å². The summed E-state index contributed by atoms with van der Waals surface area (Å²) >= 11 is 7.36. The molecule has 2 aromatic rings. The molecule has 0 aromatic carbocycles. The molecule has 1 N–H and O–H groups in total. The van der Waals surface area contributed by atoms with Crippen LogP contribution in [0.15, 0.2) is 12.3 Å². The number of thiazole rings is 1. The van der Waals surface area contributed by atoms with E-state index >= 15 is 0 Å². The Labute approximate surface area is 101 Å². The van der Waals surface area contributed by atoms with Crippen LogP contribution in [0.2, 0.25) is 5.02 Å². The molecule has 1 saturated carbocycles. The van der Waals surface area contributed by atoms with Gasteiger partial charge in [-0.25, -0.2) is 4.98 Å². The number of hydrogen-bond acceptors (Lipinski definition) is 4. The monoisotopic (exact) mass is 253 g/mol. The van der Waals surface area contributed by atoms with Gasteiger partial charge in [0.05, 0.1) is 9.72 Å². The van der Waals surface area contributed by atoms with Crippen molar-refractivity contribution in [1.29, 1.82) is 0 Å². The van der Waals surface area contributed by atoms with Gasteiger partial charge in [0, 0.05) is 12.1 Å². The largest absolute Gasteiger partial charge is 0.302 e. The second-order valence-electron chi connectivity index (χ2n) is 3.73. The van der Waals surface area contributed by atoms with Crippen molar-refractivity contribution in [2.24, 2.45) is 5.92 Å². The minimum Gasteiger partial charge on any atom is -0.302 e. The van der Waals surface area contributed by atoms with E-state index in [0.29, 0.717) is 15.8 Å². The number of nitrogens with zero attached hydrogens (tertiary/aromatic N) is 2. The first-order chi connectivity index (χ1) is 7.74.